The van der Waals surface area contributed by atoms with Crippen LogP contribution in [0.4, 0.5) is 11.4 Å². The van der Waals surface area contributed by atoms with Crippen LogP contribution in [0.5, 0.6) is 0 Å². The number of nitrogen functional groups attached to an aromatic ring is 1. The topological polar surface area (TPSA) is 58.7 Å². The van der Waals surface area contributed by atoms with Gasteiger partial charge in [-0.15, -0.1) is 0 Å². The monoisotopic (exact) mass is 317 g/mol. The highest BCUT2D eigenvalue weighted by Crippen LogP contribution is 2.29. The van der Waals surface area contributed by atoms with Crippen LogP contribution in [0, 0.1) is 3.57 Å². The summed E-state index contributed by atoms with van der Waals surface area (Å²) in [5, 5.41) is 0. The summed E-state index contributed by atoms with van der Waals surface area (Å²) >= 11 is 2.04. The highest BCUT2D eigenvalue weighted by atomic mass is 127. The molecule has 15 heavy (non-hydrogen) atoms. The maximum atomic E-state index is 11.9. The van der Waals surface area contributed by atoms with Gasteiger partial charge in [-0.3, -0.25) is 9.79 Å². The van der Waals surface area contributed by atoms with E-state index in [-0.39, 0.29) is 5.91 Å². The van der Waals surface area contributed by atoms with Gasteiger partial charge in [-0.05, 0) is 41.4 Å². The van der Waals surface area contributed by atoms with Crippen LogP contribution in [-0.4, -0.2) is 31.6 Å². The standard InChI is InChI=1S/C10H12IN3O/c1-13-7-5-4-6(12)9(11)8(7)10(15)14(2)3/h4-5H,1,12H2,2-3H3. The maximum absolute atomic E-state index is 11.9. The van der Waals surface area contributed by atoms with Gasteiger partial charge in [-0.25, -0.2) is 0 Å². The Bertz CT molecular complexity index is 415. The molecule has 0 unspecified atom stereocenters. The molecule has 0 aromatic heterocycles. The molecule has 0 aliphatic carbocycles. The Kier molecular flexibility index (Phi) is 3.67. The minimum atomic E-state index is -0.117. The van der Waals surface area contributed by atoms with Crippen LogP contribution >= 0.6 is 22.6 Å². The Balaban J connectivity index is 3.42. The lowest BCUT2D eigenvalue weighted by atomic mass is 10.1. The summed E-state index contributed by atoms with van der Waals surface area (Å²) in [6, 6.07) is 3.42. The van der Waals surface area contributed by atoms with E-state index in [2.05, 4.69) is 11.7 Å². The number of benzene rings is 1. The lowest BCUT2D eigenvalue weighted by Gasteiger charge is -2.14. The first-order valence-electron chi connectivity index (χ1n) is 4.25. The fraction of sp³-hybridized carbons (Fsp3) is 0.200. The van der Waals surface area contributed by atoms with E-state index in [1.165, 1.54) is 4.90 Å². The fourth-order valence-corrected chi connectivity index (χ4v) is 1.83. The number of hydrogen-bond donors (Lipinski definition) is 1. The molecular weight excluding hydrogens is 305 g/mol. The molecule has 0 fully saturated rings. The largest absolute Gasteiger partial charge is 0.398 e. The predicted octanol–water partition coefficient (Wildman–Crippen LogP) is 1.91. The van der Waals surface area contributed by atoms with Crippen molar-refractivity contribution in [1.29, 1.82) is 0 Å². The van der Waals surface area contributed by atoms with Crippen LogP contribution < -0.4 is 5.73 Å². The third-order valence-corrected chi connectivity index (χ3v) is 3.10. The first-order valence-corrected chi connectivity index (χ1v) is 5.33. The van der Waals surface area contributed by atoms with Gasteiger partial charge in [0.15, 0.2) is 0 Å². The average Bonchev–Trinajstić information content (AvgIpc) is 2.20. The molecule has 2 N–H and O–H groups in total. The smallest absolute Gasteiger partial charge is 0.256 e. The number of nitrogens with two attached hydrogens (primary N) is 1. The zero-order chi connectivity index (χ0) is 11.6. The van der Waals surface area contributed by atoms with Crippen LogP contribution in [-0.2, 0) is 0 Å². The average molecular weight is 317 g/mol. The zero-order valence-electron chi connectivity index (χ0n) is 8.62. The Hall–Kier alpha value is -1.11. The van der Waals surface area contributed by atoms with Crippen molar-refractivity contribution in [1.82, 2.24) is 4.90 Å². The Morgan fingerprint density at radius 2 is 2.13 bits per heavy atom. The van der Waals surface area contributed by atoms with Gasteiger partial charge < -0.3 is 10.6 Å². The summed E-state index contributed by atoms with van der Waals surface area (Å²) in [4.78, 5) is 17.2. The number of anilines is 1. The highest BCUT2D eigenvalue weighted by molar-refractivity contribution is 14.1. The van der Waals surface area contributed by atoms with Crippen molar-refractivity contribution in [3.63, 3.8) is 0 Å². The van der Waals surface area contributed by atoms with Gasteiger partial charge in [-0.1, -0.05) is 0 Å². The summed E-state index contributed by atoms with van der Waals surface area (Å²) in [7, 11) is 3.38. The number of carbonyl (C=O) groups is 1. The first-order chi connectivity index (χ1) is 6.99. The molecule has 1 rings (SSSR count). The lowest BCUT2D eigenvalue weighted by Crippen LogP contribution is -2.23. The molecule has 0 aliphatic rings. The summed E-state index contributed by atoms with van der Waals surface area (Å²) in [6.45, 7) is 3.44. The third-order valence-electron chi connectivity index (χ3n) is 1.94. The number of carbonyl (C=O) groups excluding carboxylic acids is 1. The predicted molar refractivity (Wildman–Crippen MR) is 70.8 cm³/mol. The molecule has 1 amide bonds. The van der Waals surface area contributed by atoms with Crippen LogP contribution in [0.25, 0.3) is 0 Å². The molecule has 0 atom stereocenters. The Morgan fingerprint density at radius 3 is 2.60 bits per heavy atom. The molecule has 5 heteroatoms. The molecule has 0 aliphatic heterocycles. The number of halogens is 1. The van der Waals surface area contributed by atoms with Crippen LogP contribution in [0.1, 0.15) is 10.4 Å². The number of amides is 1. The van der Waals surface area contributed by atoms with E-state index in [0.717, 1.165) is 3.57 Å². The quantitative estimate of drug-likeness (QED) is 0.515. The molecule has 0 heterocycles. The number of nitrogens with zero attached hydrogens (tertiary/aromatic N) is 2. The van der Waals surface area contributed by atoms with Crippen LogP contribution in [0.2, 0.25) is 0 Å². The van der Waals surface area contributed by atoms with Crippen molar-refractivity contribution in [2.24, 2.45) is 4.99 Å². The second kappa shape index (κ2) is 4.61. The maximum Gasteiger partial charge on any atom is 0.256 e. The second-order valence-electron chi connectivity index (χ2n) is 3.22. The normalized spacial score (nSPS) is 9.80. The second-order valence-corrected chi connectivity index (χ2v) is 4.30. The third kappa shape index (κ3) is 2.28. The molecule has 1 aromatic rings. The zero-order valence-corrected chi connectivity index (χ0v) is 10.8. The minimum absolute atomic E-state index is 0.117. The van der Waals surface area contributed by atoms with Gasteiger partial charge in [0, 0.05) is 19.8 Å². The van der Waals surface area contributed by atoms with Crippen molar-refractivity contribution in [2.75, 3.05) is 19.8 Å². The lowest BCUT2D eigenvalue weighted by molar-refractivity contribution is 0.0827. The van der Waals surface area contributed by atoms with Crippen molar-refractivity contribution < 1.29 is 4.79 Å². The molecule has 80 valence electrons. The van der Waals surface area contributed by atoms with E-state index in [1.807, 2.05) is 22.6 Å². The number of hydrogen-bond acceptors (Lipinski definition) is 3. The molecule has 0 radical (unpaired) electrons. The van der Waals surface area contributed by atoms with Crippen LogP contribution in [0.3, 0.4) is 0 Å². The Labute approximate surface area is 102 Å². The van der Waals surface area contributed by atoms with Crippen molar-refractivity contribution in [3.05, 3.63) is 21.3 Å². The van der Waals surface area contributed by atoms with Gasteiger partial charge in [-0.2, -0.15) is 0 Å². The van der Waals surface area contributed by atoms with Crippen molar-refractivity contribution >= 4 is 46.6 Å². The van der Waals surface area contributed by atoms with E-state index in [4.69, 9.17) is 5.73 Å². The van der Waals surface area contributed by atoms with Crippen molar-refractivity contribution in [2.45, 2.75) is 0 Å². The van der Waals surface area contributed by atoms with E-state index < -0.39 is 0 Å². The van der Waals surface area contributed by atoms with Crippen molar-refractivity contribution in [3.8, 4) is 0 Å². The van der Waals surface area contributed by atoms with E-state index in [1.54, 1.807) is 26.2 Å². The molecule has 0 spiro atoms. The molecular formula is C10H12IN3O. The van der Waals surface area contributed by atoms with Crippen LogP contribution in [0.15, 0.2) is 17.1 Å². The van der Waals surface area contributed by atoms with Gasteiger partial charge in [0.2, 0.25) is 0 Å². The fourth-order valence-electron chi connectivity index (χ4n) is 1.14. The molecule has 0 bridgehead atoms. The summed E-state index contributed by atoms with van der Waals surface area (Å²) in [5.74, 6) is -0.117. The van der Waals surface area contributed by atoms with Gasteiger partial charge in [0.25, 0.3) is 5.91 Å². The summed E-state index contributed by atoms with van der Waals surface area (Å²) in [5.41, 5.74) is 7.39. The van der Waals surface area contributed by atoms with Gasteiger partial charge in [0.1, 0.15) is 0 Å². The van der Waals surface area contributed by atoms with Gasteiger partial charge >= 0.3 is 0 Å². The van der Waals surface area contributed by atoms with E-state index >= 15 is 0 Å². The summed E-state index contributed by atoms with van der Waals surface area (Å²) in [6.07, 6.45) is 0. The SMILES string of the molecule is C=Nc1ccc(N)c(I)c1C(=O)N(C)C. The summed E-state index contributed by atoms with van der Waals surface area (Å²) < 4.78 is 0.719. The highest BCUT2D eigenvalue weighted by Gasteiger charge is 2.18. The molecule has 0 saturated heterocycles. The first kappa shape index (κ1) is 12.0. The molecule has 0 saturated carbocycles. The number of rotatable bonds is 2. The number of aliphatic imine (C=N–C) groups is 1. The van der Waals surface area contributed by atoms with E-state index in [0.29, 0.717) is 16.9 Å². The minimum Gasteiger partial charge on any atom is -0.398 e. The van der Waals surface area contributed by atoms with Gasteiger partial charge in [0.05, 0.1) is 14.8 Å². The molecule has 1 aromatic carbocycles. The Morgan fingerprint density at radius 1 is 1.53 bits per heavy atom. The molecule has 4 nitrogen and oxygen atoms in total. The van der Waals surface area contributed by atoms with E-state index in [9.17, 15) is 4.79 Å².